The lowest BCUT2D eigenvalue weighted by Gasteiger charge is -2.19. The number of fused-ring (bicyclic) bond motifs is 2. The molecular formula is C42H29N. The van der Waals surface area contributed by atoms with E-state index in [1.54, 1.807) is 0 Å². The van der Waals surface area contributed by atoms with Gasteiger partial charge >= 0.3 is 0 Å². The Morgan fingerprint density at radius 1 is 0.535 bits per heavy atom. The summed E-state index contributed by atoms with van der Waals surface area (Å²) in [5, 5.41) is 14.1. The summed E-state index contributed by atoms with van der Waals surface area (Å²) in [6, 6.07) is 53.4. The highest BCUT2D eigenvalue weighted by Crippen LogP contribution is 2.40. The summed E-state index contributed by atoms with van der Waals surface area (Å²) >= 11 is 0. The van der Waals surface area contributed by atoms with Crippen molar-refractivity contribution in [1.29, 1.82) is 5.26 Å². The smallest absolute Gasteiger partial charge is 0.0991 e. The van der Waals surface area contributed by atoms with Gasteiger partial charge in [0.1, 0.15) is 0 Å². The van der Waals surface area contributed by atoms with E-state index >= 15 is 0 Å². The molecule has 0 spiro atoms. The van der Waals surface area contributed by atoms with Crippen molar-refractivity contribution in [2.45, 2.75) is 6.92 Å². The second-order valence-electron chi connectivity index (χ2n) is 11.0. The summed E-state index contributed by atoms with van der Waals surface area (Å²) < 4.78 is 0. The van der Waals surface area contributed by atoms with Gasteiger partial charge in [-0.1, -0.05) is 128 Å². The number of rotatable bonds is 5. The average molecular weight is 548 g/mol. The molecule has 0 unspecified atom stereocenters. The predicted octanol–water partition coefficient (Wildman–Crippen LogP) is 11.2. The van der Waals surface area contributed by atoms with Crippen LogP contribution in [0.4, 0.5) is 0 Å². The zero-order valence-corrected chi connectivity index (χ0v) is 24.0. The first-order valence-electron chi connectivity index (χ1n) is 14.5. The third-order valence-corrected chi connectivity index (χ3v) is 8.49. The number of hydrogen-bond donors (Lipinski definition) is 0. The van der Waals surface area contributed by atoms with Gasteiger partial charge in [-0.05, 0) is 108 Å². The highest BCUT2D eigenvalue weighted by atomic mass is 14.2. The Morgan fingerprint density at radius 2 is 1.07 bits per heavy atom. The van der Waals surface area contributed by atoms with Crippen LogP contribution in [0.3, 0.4) is 0 Å². The second kappa shape index (κ2) is 10.9. The zero-order valence-electron chi connectivity index (χ0n) is 24.0. The van der Waals surface area contributed by atoms with Gasteiger partial charge in [-0.3, -0.25) is 0 Å². The SMILES string of the molecule is C=C(c1ccc(-c2ccc(C#N)cc2)cc1)c1cc(-c2cccc3ccccc23)cc(-c2cccc3ccccc23)c1C. The lowest BCUT2D eigenvalue weighted by Crippen LogP contribution is -1.96. The van der Waals surface area contributed by atoms with Crippen molar-refractivity contribution < 1.29 is 0 Å². The Morgan fingerprint density at radius 3 is 1.70 bits per heavy atom. The van der Waals surface area contributed by atoms with Gasteiger partial charge < -0.3 is 0 Å². The maximum Gasteiger partial charge on any atom is 0.0991 e. The summed E-state index contributed by atoms with van der Waals surface area (Å²) in [6.07, 6.45) is 0. The molecule has 0 saturated carbocycles. The minimum atomic E-state index is 0.664. The molecule has 43 heavy (non-hydrogen) atoms. The molecule has 1 heteroatoms. The fourth-order valence-corrected chi connectivity index (χ4v) is 6.16. The highest BCUT2D eigenvalue weighted by molar-refractivity contribution is 6.02. The lowest BCUT2D eigenvalue weighted by atomic mass is 9.85. The molecule has 0 fully saturated rings. The maximum atomic E-state index is 9.16. The van der Waals surface area contributed by atoms with E-state index in [-0.39, 0.29) is 0 Å². The molecule has 0 aromatic heterocycles. The first-order chi connectivity index (χ1) is 21.1. The molecule has 0 N–H and O–H groups in total. The molecule has 0 amide bonds. The minimum absolute atomic E-state index is 0.664. The summed E-state index contributed by atoms with van der Waals surface area (Å²) in [5.41, 5.74) is 12.1. The molecule has 0 radical (unpaired) electrons. The lowest BCUT2D eigenvalue weighted by molar-refractivity contribution is 1.41. The predicted molar refractivity (Wildman–Crippen MR) is 182 cm³/mol. The van der Waals surface area contributed by atoms with E-state index in [1.165, 1.54) is 49.4 Å². The van der Waals surface area contributed by atoms with Crippen LogP contribution in [0, 0.1) is 18.3 Å². The molecule has 0 aliphatic carbocycles. The van der Waals surface area contributed by atoms with Gasteiger partial charge in [0.2, 0.25) is 0 Å². The highest BCUT2D eigenvalue weighted by Gasteiger charge is 2.16. The quantitative estimate of drug-likeness (QED) is 0.210. The van der Waals surface area contributed by atoms with Crippen molar-refractivity contribution in [2.24, 2.45) is 0 Å². The van der Waals surface area contributed by atoms with Gasteiger partial charge in [0, 0.05) is 0 Å². The molecule has 7 aromatic carbocycles. The molecular weight excluding hydrogens is 518 g/mol. The molecule has 0 aliphatic heterocycles. The summed E-state index contributed by atoms with van der Waals surface area (Å²) in [7, 11) is 0. The van der Waals surface area contributed by atoms with Gasteiger partial charge in [0.15, 0.2) is 0 Å². The largest absolute Gasteiger partial charge is 0.192 e. The topological polar surface area (TPSA) is 23.8 Å². The van der Waals surface area contributed by atoms with Crippen molar-refractivity contribution in [1.82, 2.24) is 0 Å². The molecule has 7 aromatic rings. The molecule has 0 aliphatic rings. The Bertz CT molecular complexity index is 2180. The molecule has 0 heterocycles. The van der Waals surface area contributed by atoms with Crippen LogP contribution in [0.15, 0.2) is 152 Å². The second-order valence-corrected chi connectivity index (χ2v) is 11.0. The van der Waals surface area contributed by atoms with E-state index in [4.69, 9.17) is 5.26 Å². The van der Waals surface area contributed by atoms with Gasteiger partial charge in [-0.15, -0.1) is 0 Å². The van der Waals surface area contributed by atoms with Gasteiger partial charge in [0.05, 0.1) is 11.6 Å². The Balaban J connectivity index is 1.40. The van der Waals surface area contributed by atoms with Gasteiger partial charge in [-0.2, -0.15) is 5.26 Å². The zero-order chi connectivity index (χ0) is 29.3. The third-order valence-electron chi connectivity index (χ3n) is 8.49. The van der Waals surface area contributed by atoms with E-state index < -0.39 is 0 Å². The van der Waals surface area contributed by atoms with Crippen LogP contribution in [-0.4, -0.2) is 0 Å². The third kappa shape index (κ3) is 4.80. The number of hydrogen-bond acceptors (Lipinski definition) is 1. The van der Waals surface area contributed by atoms with E-state index in [9.17, 15) is 0 Å². The molecule has 0 bridgehead atoms. The van der Waals surface area contributed by atoms with Gasteiger partial charge in [-0.25, -0.2) is 0 Å². The van der Waals surface area contributed by atoms with Crippen LogP contribution in [0.5, 0.6) is 0 Å². The van der Waals surface area contributed by atoms with Crippen molar-refractivity contribution in [3.63, 3.8) is 0 Å². The van der Waals surface area contributed by atoms with Gasteiger partial charge in [0.25, 0.3) is 0 Å². The fourth-order valence-electron chi connectivity index (χ4n) is 6.16. The Kier molecular flexibility index (Phi) is 6.66. The first kappa shape index (κ1) is 26.2. The molecule has 202 valence electrons. The summed E-state index contributed by atoms with van der Waals surface area (Å²) in [6.45, 7) is 6.86. The molecule has 7 rings (SSSR count). The van der Waals surface area contributed by atoms with E-state index in [0.717, 1.165) is 27.8 Å². The van der Waals surface area contributed by atoms with E-state index in [1.807, 2.05) is 24.3 Å². The van der Waals surface area contributed by atoms with Crippen molar-refractivity contribution >= 4 is 27.1 Å². The van der Waals surface area contributed by atoms with Crippen molar-refractivity contribution in [3.8, 4) is 39.4 Å². The maximum absolute atomic E-state index is 9.16. The first-order valence-corrected chi connectivity index (χ1v) is 14.5. The van der Waals surface area contributed by atoms with Crippen LogP contribution in [-0.2, 0) is 0 Å². The Hall–Kier alpha value is -5.71. The van der Waals surface area contributed by atoms with Crippen molar-refractivity contribution in [3.05, 3.63) is 174 Å². The summed E-state index contributed by atoms with van der Waals surface area (Å²) in [5.74, 6) is 0. The Labute approximate surface area is 252 Å². The van der Waals surface area contributed by atoms with Crippen LogP contribution in [0.2, 0.25) is 0 Å². The van der Waals surface area contributed by atoms with Crippen molar-refractivity contribution in [2.75, 3.05) is 0 Å². The molecule has 0 atom stereocenters. The standard InChI is InChI=1S/C42H29N/c1-28(31-21-23-33(24-22-31)32-19-17-30(27-43)18-20-32)41-25-36(39-15-7-11-34-9-3-5-13-37(34)39)26-42(29(41)2)40-16-8-12-35-10-4-6-14-38(35)40/h3-26H,1H2,2H3. The fraction of sp³-hybridized carbons (Fsp3) is 0.0238. The number of nitrogens with zero attached hydrogens (tertiary/aromatic N) is 1. The van der Waals surface area contributed by atoms with Crippen LogP contribution in [0.1, 0.15) is 22.3 Å². The monoisotopic (exact) mass is 547 g/mol. The van der Waals surface area contributed by atoms with E-state index in [0.29, 0.717) is 5.56 Å². The van der Waals surface area contributed by atoms with Crippen LogP contribution >= 0.6 is 0 Å². The number of nitriles is 1. The number of benzene rings is 7. The molecule has 1 nitrogen and oxygen atoms in total. The van der Waals surface area contributed by atoms with Crippen LogP contribution in [0.25, 0.3) is 60.5 Å². The average Bonchev–Trinajstić information content (AvgIpc) is 3.08. The van der Waals surface area contributed by atoms with Crippen LogP contribution < -0.4 is 0 Å². The minimum Gasteiger partial charge on any atom is -0.192 e. The summed E-state index contributed by atoms with van der Waals surface area (Å²) in [4.78, 5) is 0. The normalized spacial score (nSPS) is 11.0. The molecule has 0 saturated heterocycles. The van der Waals surface area contributed by atoms with E-state index in [2.05, 4.69) is 141 Å².